The van der Waals surface area contributed by atoms with Gasteiger partial charge in [-0.05, 0) is 5.41 Å². The van der Waals surface area contributed by atoms with E-state index in [2.05, 4.69) is 6.58 Å². The third-order valence-corrected chi connectivity index (χ3v) is 1.63. The summed E-state index contributed by atoms with van der Waals surface area (Å²) in [6.45, 7) is 9.36. The lowest BCUT2D eigenvalue weighted by Gasteiger charge is -2.25. The van der Waals surface area contributed by atoms with Crippen LogP contribution in [0, 0.1) is 5.41 Å². The minimum absolute atomic E-state index is 0.0625. The Balaban J connectivity index is 4.13. The van der Waals surface area contributed by atoms with Crippen LogP contribution in [0.5, 0.6) is 0 Å². The minimum Gasteiger partial charge on any atom is -0.321 e. The molecule has 0 rings (SSSR count). The number of ketones is 1. The molecule has 0 saturated heterocycles. The molecule has 0 amide bonds. The average molecular weight is 155 g/mol. The second-order valence-corrected chi connectivity index (χ2v) is 3.80. The maximum absolute atomic E-state index is 11.2. The Bertz CT molecular complexity index is 155. The van der Waals surface area contributed by atoms with Crippen molar-refractivity contribution in [1.29, 1.82) is 0 Å². The van der Waals surface area contributed by atoms with Crippen LogP contribution in [-0.2, 0) is 4.79 Å². The summed E-state index contributed by atoms with van der Waals surface area (Å²) in [5.74, 6) is 0.0625. The molecule has 0 heterocycles. The van der Waals surface area contributed by atoms with Crippen molar-refractivity contribution < 1.29 is 4.79 Å². The van der Waals surface area contributed by atoms with Crippen molar-refractivity contribution in [3.63, 3.8) is 0 Å². The van der Waals surface area contributed by atoms with Gasteiger partial charge in [-0.2, -0.15) is 0 Å². The van der Waals surface area contributed by atoms with Crippen LogP contribution in [0.15, 0.2) is 12.7 Å². The van der Waals surface area contributed by atoms with Crippen LogP contribution in [0.3, 0.4) is 0 Å². The molecule has 0 fully saturated rings. The first-order valence-corrected chi connectivity index (χ1v) is 3.78. The largest absolute Gasteiger partial charge is 0.321 e. The lowest BCUT2D eigenvalue weighted by atomic mass is 9.84. The molecule has 0 bridgehead atoms. The van der Waals surface area contributed by atoms with Gasteiger partial charge in [0, 0.05) is 6.42 Å². The summed E-state index contributed by atoms with van der Waals surface area (Å²) >= 11 is 0. The molecule has 0 aromatic rings. The second kappa shape index (κ2) is 3.67. The van der Waals surface area contributed by atoms with Crippen LogP contribution in [0.25, 0.3) is 0 Å². The van der Waals surface area contributed by atoms with Gasteiger partial charge in [0.15, 0.2) is 5.78 Å². The van der Waals surface area contributed by atoms with Gasteiger partial charge in [-0.15, -0.1) is 6.58 Å². The van der Waals surface area contributed by atoms with E-state index in [0.717, 1.165) is 0 Å². The van der Waals surface area contributed by atoms with Crippen molar-refractivity contribution in [2.75, 3.05) is 0 Å². The van der Waals surface area contributed by atoms with Gasteiger partial charge in [-0.25, -0.2) is 0 Å². The highest BCUT2D eigenvalue weighted by molar-refractivity contribution is 5.85. The van der Waals surface area contributed by atoms with Gasteiger partial charge in [0.05, 0.1) is 6.04 Å². The van der Waals surface area contributed by atoms with Crippen LogP contribution < -0.4 is 5.73 Å². The molecule has 0 aliphatic rings. The molecule has 1 unspecified atom stereocenters. The monoisotopic (exact) mass is 155 g/mol. The van der Waals surface area contributed by atoms with Gasteiger partial charge in [-0.3, -0.25) is 4.79 Å². The highest BCUT2D eigenvalue weighted by Crippen LogP contribution is 2.18. The molecule has 0 aliphatic heterocycles. The van der Waals surface area contributed by atoms with Gasteiger partial charge in [0.2, 0.25) is 0 Å². The number of rotatable bonds is 3. The van der Waals surface area contributed by atoms with Crippen molar-refractivity contribution in [2.24, 2.45) is 11.1 Å². The quantitative estimate of drug-likeness (QED) is 0.628. The number of allylic oxidation sites excluding steroid dienone is 1. The Morgan fingerprint density at radius 3 is 2.36 bits per heavy atom. The van der Waals surface area contributed by atoms with E-state index in [1.54, 1.807) is 6.08 Å². The Morgan fingerprint density at radius 1 is 1.64 bits per heavy atom. The van der Waals surface area contributed by atoms with E-state index in [9.17, 15) is 4.79 Å². The molecule has 2 N–H and O–H groups in total. The third-order valence-electron chi connectivity index (χ3n) is 1.63. The highest BCUT2D eigenvalue weighted by atomic mass is 16.1. The number of carbonyl (C=O) groups excluding carboxylic acids is 1. The van der Waals surface area contributed by atoms with Gasteiger partial charge < -0.3 is 5.73 Å². The van der Waals surface area contributed by atoms with Crippen molar-refractivity contribution in [2.45, 2.75) is 33.2 Å². The zero-order chi connectivity index (χ0) is 9.07. The molecule has 0 aromatic carbocycles. The van der Waals surface area contributed by atoms with E-state index < -0.39 is 0 Å². The van der Waals surface area contributed by atoms with Crippen LogP contribution in [0.1, 0.15) is 27.2 Å². The van der Waals surface area contributed by atoms with E-state index in [-0.39, 0.29) is 17.2 Å². The van der Waals surface area contributed by atoms with Gasteiger partial charge in [-0.1, -0.05) is 26.8 Å². The number of nitrogens with two attached hydrogens (primary N) is 1. The fourth-order valence-corrected chi connectivity index (χ4v) is 0.752. The van der Waals surface area contributed by atoms with E-state index >= 15 is 0 Å². The fraction of sp³-hybridized carbons (Fsp3) is 0.667. The molecule has 0 aliphatic carbocycles. The van der Waals surface area contributed by atoms with E-state index in [0.29, 0.717) is 6.42 Å². The van der Waals surface area contributed by atoms with Crippen molar-refractivity contribution >= 4 is 5.78 Å². The maximum Gasteiger partial charge on any atom is 0.153 e. The van der Waals surface area contributed by atoms with Crippen molar-refractivity contribution in [3.05, 3.63) is 12.7 Å². The molecular formula is C9H17NO. The molecule has 0 spiro atoms. The minimum atomic E-state index is -0.375. The normalized spacial score (nSPS) is 14.2. The van der Waals surface area contributed by atoms with Crippen LogP contribution in [-0.4, -0.2) is 11.8 Å². The lowest BCUT2D eigenvalue weighted by Crippen LogP contribution is -2.41. The van der Waals surface area contributed by atoms with Gasteiger partial charge in [0.1, 0.15) is 0 Å². The molecule has 2 nitrogen and oxygen atoms in total. The first-order valence-electron chi connectivity index (χ1n) is 3.78. The zero-order valence-electron chi connectivity index (χ0n) is 7.55. The van der Waals surface area contributed by atoms with E-state index in [4.69, 9.17) is 5.73 Å². The van der Waals surface area contributed by atoms with Crippen LogP contribution in [0.2, 0.25) is 0 Å². The molecule has 2 heteroatoms. The third kappa shape index (κ3) is 3.33. The zero-order valence-corrected chi connectivity index (χ0v) is 7.55. The number of hydrogen-bond donors (Lipinski definition) is 1. The Morgan fingerprint density at radius 2 is 2.09 bits per heavy atom. The molecule has 64 valence electrons. The maximum atomic E-state index is 11.2. The van der Waals surface area contributed by atoms with E-state index in [1.807, 2.05) is 20.8 Å². The number of Topliss-reactive ketones (excluding diaryl/α,β-unsaturated/α-hetero) is 1. The first-order chi connectivity index (χ1) is 4.89. The molecule has 11 heavy (non-hydrogen) atoms. The van der Waals surface area contributed by atoms with Gasteiger partial charge >= 0.3 is 0 Å². The first kappa shape index (κ1) is 10.4. The Kier molecular flexibility index (Phi) is 3.46. The summed E-state index contributed by atoms with van der Waals surface area (Å²) in [4.78, 5) is 11.2. The predicted octanol–water partition coefficient (Wildman–Crippen LogP) is 1.50. The SMILES string of the molecule is C=CCC(=O)C(N)C(C)(C)C. The van der Waals surface area contributed by atoms with Crippen molar-refractivity contribution in [3.8, 4) is 0 Å². The summed E-state index contributed by atoms with van der Waals surface area (Å²) in [6.07, 6.45) is 1.96. The summed E-state index contributed by atoms with van der Waals surface area (Å²) in [5, 5.41) is 0. The van der Waals surface area contributed by atoms with Crippen LogP contribution in [0.4, 0.5) is 0 Å². The molecule has 1 atom stereocenters. The van der Waals surface area contributed by atoms with Crippen molar-refractivity contribution in [1.82, 2.24) is 0 Å². The summed E-state index contributed by atoms with van der Waals surface area (Å²) < 4.78 is 0. The van der Waals surface area contributed by atoms with Gasteiger partial charge in [0.25, 0.3) is 0 Å². The smallest absolute Gasteiger partial charge is 0.153 e. The van der Waals surface area contributed by atoms with E-state index in [1.165, 1.54) is 0 Å². The number of hydrogen-bond acceptors (Lipinski definition) is 2. The molecular weight excluding hydrogens is 138 g/mol. The van der Waals surface area contributed by atoms with Crippen LogP contribution >= 0.6 is 0 Å². The molecule has 0 saturated carbocycles. The predicted molar refractivity (Wildman–Crippen MR) is 47.3 cm³/mol. The standard InChI is InChI=1S/C9H17NO/c1-5-6-7(11)8(10)9(2,3)4/h5,8H,1,6,10H2,2-4H3. The lowest BCUT2D eigenvalue weighted by molar-refractivity contribution is -0.121. The highest BCUT2D eigenvalue weighted by Gasteiger charge is 2.25. The fourth-order valence-electron chi connectivity index (χ4n) is 0.752. The summed E-state index contributed by atoms with van der Waals surface area (Å²) in [6, 6.07) is -0.375. The molecule has 0 radical (unpaired) electrons. The average Bonchev–Trinajstić information content (AvgIpc) is 1.85. The molecule has 0 aromatic heterocycles. The summed E-state index contributed by atoms with van der Waals surface area (Å²) in [7, 11) is 0. The second-order valence-electron chi connectivity index (χ2n) is 3.80. The Hall–Kier alpha value is -0.630. The summed E-state index contributed by atoms with van der Waals surface area (Å²) in [5.41, 5.74) is 5.54. The Labute approximate surface area is 68.5 Å². The number of carbonyl (C=O) groups is 1. The topological polar surface area (TPSA) is 43.1 Å².